The van der Waals surface area contributed by atoms with Gasteiger partial charge in [0.15, 0.2) is 0 Å². The maximum absolute atomic E-state index is 14.6. The lowest BCUT2D eigenvalue weighted by Crippen LogP contribution is -2.09. The number of nitrogens with one attached hydrogen (secondary N) is 1. The smallest absolute Gasteiger partial charge is 0.362 e. The van der Waals surface area contributed by atoms with Gasteiger partial charge < -0.3 is 14.0 Å². The van der Waals surface area contributed by atoms with Gasteiger partial charge in [-0.25, -0.2) is 19.2 Å². The van der Waals surface area contributed by atoms with Crippen LogP contribution in [0.2, 0.25) is 0 Å². The van der Waals surface area contributed by atoms with Crippen LogP contribution in [0.4, 0.5) is 4.39 Å². The number of aromatic nitrogens is 4. The fraction of sp³-hybridized carbons (Fsp3) is 0.0909. The van der Waals surface area contributed by atoms with Crippen molar-refractivity contribution in [3.63, 3.8) is 0 Å². The summed E-state index contributed by atoms with van der Waals surface area (Å²) in [6.45, 7) is 1.92. The van der Waals surface area contributed by atoms with Gasteiger partial charge in [-0.3, -0.25) is 4.79 Å². The molecule has 0 bridgehead atoms. The minimum Gasteiger partial charge on any atom is -0.402 e. The first-order chi connectivity index (χ1) is 15.0. The van der Waals surface area contributed by atoms with Gasteiger partial charge in [0.25, 0.3) is 5.56 Å². The van der Waals surface area contributed by atoms with E-state index in [4.69, 9.17) is 4.42 Å². The zero-order valence-electron chi connectivity index (χ0n) is 16.1. The Labute approximate surface area is 176 Å². The molecule has 9 heteroatoms. The first kappa shape index (κ1) is 18.0. The number of benzene rings is 1. The predicted molar refractivity (Wildman–Crippen MR) is 117 cm³/mol. The van der Waals surface area contributed by atoms with Crippen LogP contribution >= 0.6 is 11.3 Å². The standard InChI is InChI=1S/C22H13FN4O3S/c1-10-5-13-15(6-14(10)23)27(7-11-8-31-19-17(11)25-9-26-20(19)28)18-16(13)12-3-2-4-24-21(12)30-22(18)29/h2-6,8-9H,7H2,1H3,(H,25,26,28). The fourth-order valence-electron chi connectivity index (χ4n) is 4.12. The largest absolute Gasteiger partial charge is 0.402 e. The van der Waals surface area contributed by atoms with Crippen LogP contribution in [0.5, 0.6) is 0 Å². The van der Waals surface area contributed by atoms with Crippen molar-refractivity contribution >= 4 is 54.5 Å². The molecule has 0 aliphatic rings. The van der Waals surface area contributed by atoms with Crippen LogP contribution < -0.4 is 11.2 Å². The highest BCUT2D eigenvalue weighted by Crippen LogP contribution is 2.35. The molecule has 1 N–H and O–H groups in total. The Morgan fingerprint density at radius 2 is 2.10 bits per heavy atom. The molecule has 0 radical (unpaired) electrons. The molecule has 5 aromatic heterocycles. The molecule has 152 valence electrons. The molecule has 0 amide bonds. The second-order valence-corrected chi connectivity index (χ2v) is 8.22. The molecule has 5 heterocycles. The van der Waals surface area contributed by atoms with Gasteiger partial charge in [0.1, 0.15) is 16.0 Å². The summed E-state index contributed by atoms with van der Waals surface area (Å²) in [5.74, 6) is -0.367. The number of hydrogen-bond donors (Lipinski definition) is 1. The van der Waals surface area contributed by atoms with Crippen molar-refractivity contribution in [3.05, 3.63) is 79.9 Å². The molecule has 0 aliphatic heterocycles. The number of aromatic amines is 1. The Bertz CT molecular complexity index is 1790. The number of rotatable bonds is 2. The SMILES string of the molecule is Cc1cc2c3c4cccnc4oc(=O)c3n(Cc3csc4c(=O)[nH]cnc34)c2cc1F. The lowest BCUT2D eigenvalue weighted by atomic mass is 10.1. The van der Waals surface area contributed by atoms with Crippen molar-refractivity contribution in [1.29, 1.82) is 0 Å². The molecule has 31 heavy (non-hydrogen) atoms. The first-order valence-electron chi connectivity index (χ1n) is 9.46. The van der Waals surface area contributed by atoms with Crippen molar-refractivity contribution in [2.24, 2.45) is 0 Å². The van der Waals surface area contributed by atoms with E-state index in [1.54, 1.807) is 29.8 Å². The summed E-state index contributed by atoms with van der Waals surface area (Å²) < 4.78 is 22.3. The third kappa shape index (κ3) is 2.50. The van der Waals surface area contributed by atoms with E-state index in [0.29, 0.717) is 37.6 Å². The molecule has 7 nitrogen and oxygen atoms in total. The second-order valence-electron chi connectivity index (χ2n) is 7.34. The van der Waals surface area contributed by atoms with Crippen LogP contribution in [-0.4, -0.2) is 19.5 Å². The van der Waals surface area contributed by atoms with Crippen molar-refractivity contribution in [2.75, 3.05) is 0 Å². The molecule has 0 spiro atoms. The van der Waals surface area contributed by atoms with Gasteiger partial charge in [-0.1, -0.05) is 0 Å². The molecule has 0 aliphatic carbocycles. The molecule has 6 aromatic rings. The van der Waals surface area contributed by atoms with Crippen molar-refractivity contribution in [3.8, 4) is 0 Å². The van der Waals surface area contributed by atoms with Crippen LogP contribution in [0, 0.1) is 12.7 Å². The number of halogens is 1. The van der Waals surface area contributed by atoms with Crippen molar-refractivity contribution in [1.82, 2.24) is 19.5 Å². The molecule has 0 unspecified atom stereocenters. The topological polar surface area (TPSA) is 93.8 Å². The molecule has 1 aromatic carbocycles. The van der Waals surface area contributed by atoms with Gasteiger partial charge in [0, 0.05) is 27.9 Å². The van der Waals surface area contributed by atoms with Crippen molar-refractivity contribution < 1.29 is 8.81 Å². The second kappa shape index (κ2) is 6.32. The van der Waals surface area contributed by atoms with Crippen LogP contribution in [0.1, 0.15) is 11.1 Å². The van der Waals surface area contributed by atoms with E-state index in [-0.39, 0.29) is 23.6 Å². The van der Waals surface area contributed by atoms with E-state index in [1.807, 2.05) is 11.4 Å². The molecule has 0 saturated carbocycles. The minimum atomic E-state index is -0.555. The van der Waals surface area contributed by atoms with E-state index >= 15 is 0 Å². The lowest BCUT2D eigenvalue weighted by Gasteiger charge is -2.07. The van der Waals surface area contributed by atoms with Crippen LogP contribution in [-0.2, 0) is 6.54 Å². The summed E-state index contributed by atoms with van der Waals surface area (Å²) >= 11 is 1.28. The average molecular weight is 432 g/mol. The van der Waals surface area contributed by atoms with Crippen molar-refractivity contribution in [2.45, 2.75) is 13.5 Å². The first-order valence-corrected chi connectivity index (χ1v) is 10.3. The number of thiophene rings is 1. The normalized spacial score (nSPS) is 11.9. The van der Waals surface area contributed by atoms with Gasteiger partial charge in [-0.15, -0.1) is 11.3 Å². The summed E-state index contributed by atoms with van der Waals surface area (Å²) in [5.41, 5.74) is 2.14. The van der Waals surface area contributed by atoms with Gasteiger partial charge in [0.05, 0.1) is 23.9 Å². The van der Waals surface area contributed by atoms with Crippen LogP contribution in [0.15, 0.2) is 56.2 Å². The monoisotopic (exact) mass is 432 g/mol. The Morgan fingerprint density at radius 1 is 1.23 bits per heavy atom. The Hall–Kier alpha value is -3.85. The highest BCUT2D eigenvalue weighted by atomic mass is 32.1. The fourth-order valence-corrected chi connectivity index (χ4v) is 5.03. The quantitative estimate of drug-likeness (QED) is 0.445. The number of H-pyrrole nitrogens is 1. The van der Waals surface area contributed by atoms with E-state index in [2.05, 4.69) is 15.0 Å². The molecular formula is C22H13FN4O3S. The molecule has 0 atom stereocenters. The number of fused-ring (bicyclic) bond motifs is 6. The number of aryl methyl sites for hydroxylation is 1. The van der Waals surface area contributed by atoms with E-state index in [1.165, 1.54) is 23.7 Å². The molecule has 6 rings (SSSR count). The van der Waals surface area contributed by atoms with Gasteiger partial charge in [0.2, 0.25) is 5.71 Å². The zero-order valence-corrected chi connectivity index (χ0v) is 16.9. The number of nitrogens with zero attached hydrogens (tertiary/aromatic N) is 3. The minimum absolute atomic E-state index is 0.221. The summed E-state index contributed by atoms with van der Waals surface area (Å²) in [6, 6.07) is 6.77. The highest BCUT2D eigenvalue weighted by Gasteiger charge is 2.21. The Morgan fingerprint density at radius 3 is 2.97 bits per heavy atom. The Balaban J connectivity index is 1.76. The van der Waals surface area contributed by atoms with E-state index in [9.17, 15) is 14.0 Å². The zero-order chi connectivity index (χ0) is 21.3. The third-order valence-corrected chi connectivity index (χ3v) is 6.55. The van der Waals surface area contributed by atoms with E-state index < -0.39 is 5.63 Å². The van der Waals surface area contributed by atoms with Gasteiger partial charge in [-0.05, 0) is 42.1 Å². The van der Waals surface area contributed by atoms with E-state index in [0.717, 1.165) is 10.9 Å². The number of pyridine rings is 1. The number of hydrogen-bond acceptors (Lipinski definition) is 6. The molecule has 0 saturated heterocycles. The summed E-state index contributed by atoms with van der Waals surface area (Å²) in [6.07, 6.45) is 2.91. The molecular weight excluding hydrogens is 419 g/mol. The molecule has 0 fully saturated rings. The predicted octanol–water partition coefficient (Wildman–Crippen LogP) is 4.09. The maximum atomic E-state index is 14.6. The lowest BCUT2D eigenvalue weighted by molar-refractivity contribution is 0.553. The average Bonchev–Trinajstić information content (AvgIpc) is 3.30. The summed E-state index contributed by atoms with van der Waals surface area (Å²) in [5, 5.41) is 3.92. The summed E-state index contributed by atoms with van der Waals surface area (Å²) in [4.78, 5) is 36.1. The van der Waals surface area contributed by atoms with Gasteiger partial charge in [-0.2, -0.15) is 0 Å². The Kier molecular flexibility index (Phi) is 3.66. The highest BCUT2D eigenvalue weighted by molar-refractivity contribution is 7.17. The van der Waals surface area contributed by atoms with Gasteiger partial charge >= 0.3 is 5.63 Å². The summed E-state index contributed by atoms with van der Waals surface area (Å²) in [7, 11) is 0. The van der Waals surface area contributed by atoms with Crippen LogP contribution in [0.25, 0.3) is 43.1 Å². The third-order valence-electron chi connectivity index (χ3n) is 5.53. The maximum Gasteiger partial charge on any atom is 0.362 e. The van der Waals surface area contributed by atoms with Crippen LogP contribution in [0.3, 0.4) is 0 Å².